The van der Waals surface area contributed by atoms with Gasteiger partial charge in [0.05, 0.1) is 0 Å². The van der Waals surface area contributed by atoms with Crippen molar-refractivity contribution in [3.8, 4) is 0 Å². The molecule has 0 amide bonds. The zero-order valence-corrected chi connectivity index (χ0v) is 11.2. The molecule has 0 aliphatic carbocycles. The van der Waals surface area contributed by atoms with Crippen LogP contribution in [-0.2, 0) is 13.1 Å². The Hall–Kier alpha value is -0.910. The lowest BCUT2D eigenvalue weighted by Crippen LogP contribution is -2.42. The van der Waals surface area contributed by atoms with Gasteiger partial charge in [-0.05, 0) is 19.8 Å². The zero-order valence-electron chi connectivity index (χ0n) is 9.57. The molecule has 0 N–H and O–H groups in total. The SMILES string of the molecule is CCCn1c(C)nc(=O)n(CCCBr)c1=O. The van der Waals surface area contributed by atoms with Gasteiger partial charge in [0, 0.05) is 18.4 Å². The minimum absolute atomic E-state index is 0.250. The van der Waals surface area contributed by atoms with E-state index in [2.05, 4.69) is 20.9 Å². The van der Waals surface area contributed by atoms with Crippen LogP contribution in [0.1, 0.15) is 25.6 Å². The van der Waals surface area contributed by atoms with Crippen LogP contribution in [0.3, 0.4) is 0 Å². The lowest BCUT2D eigenvalue weighted by molar-refractivity contribution is 0.505. The highest BCUT2D eigenvalue weighted by Crippen LogP contribution is 1.92. The van der Waals surface area contributed by atoms with Crippen molar-refractivity contribution in [3.63, 3.8) is 0 Å². The summed E-state index contributed by atoms with van der Waals surface area (Å²) in [7, 11) is 0. The minimum Gasteiger partial charge on any atom is -0.282 e. The molecule has 1 aromatic heterocycles. The van der Waals surface area contributed by atoms with E-state index in [9.17, 15) is 9.59 Å². The molecular weight excluding hydrogens is 274 g/mol. The second kappa shape index (κ2) is 5.98. The minimum atomic E-state index is -0.448. The van der Waals surface area contributed by atoms with Crippen LogP contribution >= 0.6 is 15.9 Å². The van der Waals surface area contributed by atoms with Crippen molar-refractivity contribution in [1.82, 2.24) is 14.1 Å². The third-order valence-electron chi connectivity index (χ3n) is 2.30. The van der Waals surface area contributed by atoms with Gasteiger partial charge in [-0.25, -0.2) is 14.2 Å². The van der Waals surface area contributed by atoms with Crippen LogP contribution in [0.5, 0.6) is 0 Å². The Morgan fingerprint density at radius 3 is 2.50 bits per heavy atom. The van der Waals surface area contributed by atoms with E-state index in [-0.39, 0.29) is 5.69 Å². The van der Waals surface area contributed by atoms with Crippen LogP contribution in [0.2, 0.25) is 0 Å². The molecule has 90 valence electrons. The predicted molar refractivity (Wildman–Crippen MR) is 66.2 cm³/mol. The highest BCUT2D eigenvalue weighted by Gasteiger charge is 2.08. The number of hydrogen-bond acceptors (Lipinski definition) is 3. The number of hydrogen-bond donors (Lipinski definition) is 0. The van der Waals surface area contributed by atoms with Gasteiger partial charge in [-0.15, -0.1) is 0 Å². The molecule has 6 heteroatoms. The maximum Gasteiger partial charge on any atom is 0.353 e. The topological polar surface area (TPSA) is 56.9 Å². The molecule has 0 fully saturated rings. The van der Waals surface area contributed by atoms with Gasteiger partial charge in [-0.2, -0.15) is 4.98 Å². The van der Waals surface area contributed by atoms with Crippen LogP contribution in [0, 0.1) is 6.92 Å². The first-order chi connectivity index (χ1) is 7.61. The van der Waals surface area contributed by atoms with Gasteiger partial charge < -0.3 is 0 Å². The van der Waals surface area contributed by atoms with E-state index in [0.29, 0.717) is 18.9 Å². The summed E-state index contributed by atoms with van der Waals surface area (Å²) < 4.78 is 2.75. The smallest absolute Gasteiger partial charge is 0.282 e. The van der Waals surface area contributed by atoms with E-state index < -0.39 is 5.69 Å². The van der Waals surface area contributed by atoms with Gasteiger partial charge in [0.2, 0.25) is 0 Å². The Morgan fingerprint density at radius 1 is 1.25 bits per heavy atom. The third-order valence-corrected chi connectivity index (χ3v) is 2.86. The molecule has 1 rings (SSSR count). The molecule has 0 aromatic carbocycles. The van der Waals surface area contributed by atoms with Crippen molar-refractivity contribution in [2.75, 3.05) is 5.33 Å². The van der Waals surface area contributed by atoms with Gasteiger partial charge in [0.1, 0.15) is 5.82 Å². The van der Waals surface area contributed by atoms with E-state index in [1.165, 1.54) is 4.57 Å². The summed E-state index contributed by atoms with van der Waals surface area (Å²) in [5.74, 6) is 0.493. The average Bonchev–Trinajstić information content (AvgIpc) is 2.24. The largest absolute Gasteiger partial charge is 0.353 e. The standard InChI is InChI=1S/C10H16BrN3O2/c1-3-6-13-8(2)12-9(15)14(10(13)16)7-4-5-11/h3-7H2,1-2H3. The Bertz CT molecular complexity index is 464. The van der Waals surface area contributed by atoms with Crippen LogP contribution in [0.4, 0.5) is 0 Å². The normalized spacial score (nSPS) is 10.7. The van der Waals surface area contributed by atoms with Gasteiger partial charge in [0.15, 0.2) is 0 Å². The number of aromatic nitrogens is 3. The molecule has 0 unspecified atom stereocenters. The maximum absolute atomic E-state index is 12.0. The first kappa shape index (κ1) is 13.2. The fourth-order valence-electron chi connectivity index (χ4n) is 1.52. The van der Waals surface area contributed by atoms with E-state index in [0.717, 1.165) is 18.2 Å². The van der Waals surface area contributed by atoms with Crippen molar-refractivity contribution in [3.05, 3.63) is 26.8 Å². The van der Waals surface area contributed by atoms with E-state index >= 15 is 0 Å². The molecule has 0 radical (unpaired) electrons. The molecule has 0 bridgehead atoms. The Balaban J connectivity index is 3.22. The molecule has 0 atom stereocenters. The summed E-state index contributed by atoms with van der Waals surface area (Å²) >= 11 is 3.28. The van der Waals surface area contributed by atoms with Crippen LogP contribution in [-0.4, -0.2) is 19.4 Å². The Morgan fingerprint density at radius 2 is 1.94 bits per heavy atom. The summed E-state index contributed by atoms with van der Waals surface area (Å²) in [4.78, 5) is 27.4. The van der Waals surface area contributed by atoms with Crippen LogP contribution in [0.25, 0.3) is 0 Å². The Labute approximate surface area is 102 Å². The monoisotopic (exact) mass is 289 g/mol. The van der Waals surface area contributed by atoms with Gasteiger partial charge in [-0.3, -0.25) is 4.57 Å². The average molecular weight is 290 g/mol. The zero-order chi connectivity index (χ0) is 12.1. The second-order valence-electron chi connectivity index (χ2n) is 3.57. The van der Waals surface area contributed by atoms with E-state index in [1.54, 1.807) is 11.5 Å². The molecule has 0 aliphatic heterocycles. The highest BCUT2D eigenvalue weighted by molar-refractivity contribution is 9.09. The summed E-state index contributed by atoms with van der Waals surface area (Å²) in [5, 5.41) is 0.764. The van der Waals surface area contributed by atoms with Crippen molar-refractivity contribution >= 4 is 15.9 Å². The second-order valence-corrected chi connectivity index (χ2v) is 4.36. The molecule has 5 nitrogen and oxygen atoms in total. The van der Waals surface area contributed by atoms with Gasteiger partial charge in [-0.1, -0.05) is 22.9 Å². The quantitative estimate of drug-likeness (QED) is 0.757. The first-order valence-electron chi connectivity index (χ1n) is 5.36. The molecule has 0 aliphatic rings. The summed E-state index contributed by atoms with van der Waals surface area (Å²) in [5.41, 5.74) is -0.698. The van der Waals surface area contributed by atoms with Crippen molar-refractivity contribution in [2.24, 2.45) is 0 Å². The Kier molecular flexibility index (Phi) is 4.92. The van der Waals surface area contributed by atoms with Crippen LogP contribution < -0.4 is 11.4 Å². The molecule has 0 saturated heterocycles. The summed E-state index contributed by atoms with van der Waals surface area (Å²) in [6.45, 7) is 4.69. The molecule has 1 heterocycles. The summed E-state index contributed by atoms with van der Waals surface area (Å²) in [6, 6.07) is 0. The molecule has 16 heavy (non-hydrogen) atoms. The third kappa shape index (κ3) is 2.81. The lowest BCUT2D eigenvalue weighted by atomic mass is 10.4. The van der Waals surface area contributed by atoms with Gasteiger partial charge >= 0.3 is 11.4 Å². The first-order valence-corrected chi connectivity index (χ1v) is 6.48. The predicted octanol–water partition coefficient (Wildman–Crippen LogP) is 0.908. The number of alkyl halides is 1. The fraction of sp³-hybridized carbons (Fsp3) is 0.700. The molecular formula is C10H16BrN3O2. The maximum atomic E-state index is 12.0. The van der Waals surface area contributed by atoms with Gasteiger partial charge in [0.25, 0.3) is 0 Å². The number of nitrogens with zero attached hydrogens (tertiary/aromatic N) is 3. The van der Waals surface area contributed by atoms with Crippen molar-refractivity contribution < 1.29 is 0 Å². The molecule has 1 aromatic rings. The lowest BCUT2D eigenvalue weighted by Gasteiger charge is -2.10. The highest BCUT2D eigenvalue weighted by atomic mass is 79.9. The number of aryl methyl sites for hydroxylation is 1. The van der Waals surface area contributed by atoms with Crippen LogP contribution in [0.15, 0.2) is 9.59 Å². The molecule has 0 saturated carbocycles. The van der Waals surface area contributed by atoms with Crippen molar-refractivity contribution in [2.45, 2.75) is 39.8 Å². The summed E-state index contributed by atoms with van der Waals surface area (Å²) in [6.07, 6.45) is 1.59. The number of halogens is 1. The fourth-order valence-corrected chi connectivity index (χ4v) is 1.77. The molecule has 0 spiro atoms. The van der Waals surface area contributed by atoms with E-state index in [4.69, 9.17) is 0 Å². The number of rotatable bonds is 5. The van der Waals surface area contributed by atoms with Crippen molar-refractivity contribution in [1.29, 1.82) is 0 Å². The van der Waals surface area contributed by atoms with E-state index in [1.807, 2.05) is 6.92 Å².